The zero-order valence-electron chi connectivity index (χ0n) is 9.92. The molecule has 0 aliphatic heterocycles. The van der Waals surface area contributed by atoms with Gasteiger partial charge in [0.25, 0.3) is 0 Å². The molecule has 0 aliphatic carbocycles. The van der Waals surface area contributed by atoms with E-state index in [9.17, 15) is 9.18 Å². The minimum absolute atomic E-state index is 0.155. The molecule has 100 valence electrons. The van der Waals surface area contributed by atoms with E-state index in [1.165, 1.54) is 59.3 Å². The van der Waals surface area contributed by atoms with Crippen molar-refractivity contribution in [1.29, 1.82) is 0 Å². The van der Waals surface area contributed by atoms with Crippen molar-refractivity contribution in [3.63, 3.8) is 0 Å². The van der Waals surface area contributed by atoms with Gasteiger partial charge in [0.05, 0.1) is 5.75 Å². The molecule has 8 heteroatoms. The van der Waals surface area contributed by atoms with Gasteiger partial charge in [0.1, 0.15) is 5.82 Å². The zero-order chi connectivity index (χ0) is 13.7. The summed E-state index contributed by atoms with van der Waals surface area (Å²) in [7, 11) is 0. The lowest BCUT2D eigenvalue weighted by molar-refractivity contribution is -0.113. The third-order valence-electron chi connectivity index (χ3n) is 2.03. The minimum Gasteiger partial charge on any atom is -0.325 e. The topological polar surface area (TPSA) is 54.9 Å². The number of hydrogen-bond acceptors (Lipinski definition) is 6. The molecule has 0 radical (unpaired) electrons. The number of halogens is 1. The maximum absolute atomic E-state index is 12.7. The van der Waals surface area contributed by atoms with Crippen LogP contribution in [0.25, 0.3) is 0 Å². The van der Waals surface area contributed by atoms with E-state index >= 15 is 0 Å². The Hall–Kier alpha value is -1.12. The number of carbonyl (C=O) groups excluding carboxylic acids is 1. The molecule has 0 saturated carbocycles. The molecule has 0 aliphatic rings. The third-order valence-corrected chi connectivity index (χ3v) is 4.52. The maximum atomic E-state index is 12.7. The van der Waals surface area contributed by atoms with Gasteiger partial charge >= 0.3 is 0 Å². The summed E-state index contributed by atoms with van der Waals surface area (Å²) in [6.45, 7) is 0. The first kappa shape index (κ1) is 14.3. The Kier molecular flexibility index (Phi) is 5.17. The number of thioether (sulfide) groups is 2. The summed E-state index contributed by atoms with van der Waals surface area (Å²) in [5.41, 5.74) is 0.578. The van der Waals surface area contributed by atoms with E-state index in [4.69, 9.17) is 0 Å². The Morgan fingerprint density at radius 3 is 2.79 bits per heavy atom. The van der Waals surface area contributed by atoms with Gasteiger partial charge in [-0.05, 0) is 42.1 Å². The quantitative estimate of drug-likeness (QED) is 0.859. The number of nitrogens with zero attached hydrogens (tertiary/aromatic N) is 2. The Morgan fingerprint density at radius 2 is 2.16 bits per heavy atom. The molecule has 0 bridgehead atoms. The van der Waals surface area contributed by atoms with Gasteiger partial charge in [-0.1, -0.05) is 23.5 Å². The van der Waals surface area contributed by atoms with Gasteiger partial charge in [-0.3, -0.25) is 4.79 Å². The van der Waals surface area contributed by atoms with Crippen molar-refractivity contribution in [3.05, 3.63) is 30.1 Å². The smallest absolute Gasteiger partial charge is 0.234 e. The lowest BCUT2D eigenvalue weighted by Gasteiger charge is -2.03. The van der Waals surface area contributed by atoms with Crippen molar-refractivity contribution < 1.29 is 9.18 Å². The van der Waals surface area contributed by atoms with E-state index in [0.717, 1.165) is 4.34 Å². The van der Waals surface area contributed by atoms with Crippen molar-refractivity contribution in [2.45, 2.75) is 9.50 Å². The number of amides is 1. The number of aromatic nitrogens is 2. The first-order chi connectivity index (χ1) is 9.17. The van der Waals surface area contributed by atoms with Crippen LogP contribution in [0.3, 0.4) is 0 Å². The summed E-state index contributed by atoms with van der Waals surface area (Å²) < 4.78 is 17.6. The van der Waals surface area contributed by atoms with E-state index in [1.807, 2.05) is 6.26 Å². The van der Waals surface area contributed by atoms with Crippen LogP contribution in [-0.2, 0) is 4.79 Å². The zero-order valence-corrected chi connectivity index (χ0v) is 12.4. The van der Waals surface area contributed by atoms with E-state index < -0.39 is 0 Å². The molecule has 0 unspecified atom stereocenters. The largest absolute Gasteiger partial charge is 0.325 e. The average molecular weight is 315 g/mol. The number of nitrogens with one attached hydrogen (secondary N) is 1. The number of rotatable bonds is 5. The molecule has 19 heavy (non-hydrogen) atoms. The molecular formula is C11H10FN3OS3. The second kappa shape index (κ2) is 6.88. The van der Waals surface area contributed by atoms with Crippen LogP contribution in [0.5, 0.6) is 0 Å². The van der Waals surface area contributed by atoms with E-state index in [2.05, 4.69) is 14.7 Å². The van der Waals surface area contributed by atoms with Crippen molar-refractivity contribution in [2.24, 2.45) is 0 Å². The molecule has 1 aromatic heterocycles. The number of carbonyl (C=O) groups is 1. The first-order valence-electron chi connectivity index (χ1n) is 5.23. The van der Waals surface area contributed by atoms with E-state index in [-0.39, 0.29) is 17.5 Å². The standard InChI is InChI=1S/C11H10FN3OS3/c1-17-10-14-11(19-15-10)18-6-9(16)13-8-4-2-7(12)3-5-8/h2-5H,6H2,1H3,(H,13,16). The van der Waals surface area contributed by atoms with Gasteiger partial charge in [0.2, 0.25) is 11.1 Å². The highest BCUT2D eigenvalue weighted by atomic mass is 32.2. The normalized spacial score (nSPS) is 10.4. The molecule has 1 amide bonds. The molecule has 1 heterocycles. The highest BCUT2D eigenvalue weighted by Gasteiger charge is 2.07. The van der Waals surface area contributed by atoms with Crippen molar-refractivity contribution >= 4 is 46.7 Å². The van der Waals surface area contributed by atoms with Crippen LogP contribution in [0.15, 0.2) is 33.8 Å². The van der Waals surface area contributed by atoms with Gasteiger partial charge in [-0.15, -0.1) is 0 Å². The predicted molar refractivity (Wildman–Crippen MR) is 77.4 cm³/mol. The Balaban J connectivity index is 1.82. The molecule has 2 rings (SSSR count). The van der Waals surface area contributed by atoms with Gasteiger partial charge in [-0.2, -0.15) is 4.37 Å². The highest BCUT2D eigenvalue weighted by molar-refractivity contribution is 8.01. The van der Waals surface area contributed by atoms with E-state index in [1.54, 1.807) is 0 Å². The second-order valence-corrected chi connectivity index (χ2v) is 6.14. The molecule has 0 spiro atoms. The summed E-state index contributed by atoms with van der Waals surface area (Å²) in [5.74, 6) is -0.233. The van der Waals surface area contributed by atoms with Crippen molar-refractivity contribution in [2.75, 3.05) is 17.3 Å². The summed E-state index contributed by atoms with van der Waals surface area (Å²) in [4.78, 5) is 15.9. The SMILES string of the molecule is CSc1nsc(SCC(=O)Nc2ccc(F)cc2)n1. The third kappa shape index (κ3) is 4.48. The average Bonchev–Trinajstić information content (AvgIpc) is 2.87. The fourth-order valence-electron chi connectivity index (χ4n) is 1.20. The predicted octanol–water partition coefficient (Wildman–Crippen LogP) is 3.13. The highest BCUT2D eigenvalue weighted by Crippen LogP contribution is 2.23. The van der Waals surface area contributed by atoms with Gasteiger partial charge < -0.3 is 5.32 Å². The van der Waals surface area contributed by atoms with Crippen LogP contribution in [0.4, 0.5) is 10.1 Å². The Labute approximate surface area is 122 Å². The molecule has 1 N–H and O–H groups in total. The van der Waals surface area contributed by atoms with Crippen molar-refractivity contribution in [1.82, 2.24) is 9.36 Å². The van der Waals surface area contributed by atoms with E-state index in [0.29, 0.717) is 10.8 Å². The molecule has 0 fully saturated rings. The van der Waals surface area contributed by atoms with Gasteiger partial charge in [-0.25, -0.2) is 9.37 Å². The molecule has 1 aromatic carbocycles. The van der Waals surface area contributed by atoms with Gasteiger partial charge in [0.15, 0.2) is 4.34 Å². The monoisotopic (exact) mass is 315 g/mol. The van der Waals surface area contributed by atoms with Crippen LogP contribution in [-0.4, -0.2) is 27.3 Å². The lowest BCUT2D eigenvalue weighted by atomic mass is 10.3. The molecule has 4 nitrogen and oxygen atoms in total. The number of anilines is 1. The summed E-state index contributed by atoms with van der Waals surface area (Å²) >= 11 is 4.08. The van der Waals surface area contributed by atoms with Crippen LogP contribution >= 0.6 is 35.1 Å². The lowest BCUT2D eigenvalue weighted by Crippen LogP contribution is -2.13. The summed E-state index contributed by atoms with van der Waals surface area (Å²) in [5, 5.41) is 3.40. The Bertz CT molecular complexity index is 559. The fourth-order valence-corrected chi connectivity index (χ4v) is 3.21. The summed E-state index contributed by atoms with van der Waals surface area (Å²) in [6, 6.07) is 5.65. The maximum Gasteiger partial charge on any atom is 0.234 e. The minimum atomic E-state index is -0.328. The number of hydrogen-bond donors (Lipinski definition) is 1. The second-order valence-electron chi connectivity index (χ2n) is 3.39. The molecule has 2 aromatic rings. The fraction of sp³-hybridized carbons (Fsp3) is 0.182. The molecule has 0 saturated heterocycles. The molecule has 0 atom stereocenters. The van der Waals surface area contributed by atoms with Crippen LogP contribution < -0.4 is 5.32 Å². The van der Waals surface area contributed by atoms with Crippen LogP contribution in [0, 0.1) is 5.82 Å². The number of benzene rings is 1. The van der Waals surface area contributed by atoms with Crippen LogP contribution in [0.1, 0.15) is 0 Å². The van der Waals surface area contributed by atoms with Crippen LogP contribution in [0.2, 0.25) is 0 Å². The first-order valence-corrected chi connectivity index (χ1v) is 8.21. The molecular weight excluding hydrogens is 305 g/mol. The summed E-state index contributed by atoms with van der Waals surface area (Å²) in [6.07, 6.45) is 1.90. The van der Waals surface area contributed by atoms with Crippen molar-refractivity contribution in [3.8, 4) is 0 Å². The Morgan fingerprint density at radius 1 is 1.42 bits per heavy atom. The van der Waals surface area contributed by atoms with Gasteiger partial charge in [0, 0.05) is 5.69 Å².